The van der Waals surface area contributed by atoms with Crippen molar-refractivity contribution in [2.75, 3.05) is 0 Å². The summed E-state index contributed by atoms with van der Waals surface area (Å²) in [4.78, 5) is 48.1. The molecule has 0 aliphatic carbocycles. The molecule has 2 aromatic rings. The van der Waals surface area contributed by atoms with Gasteiger partial charge in [-0.15, -0.1) is 0 Å². The van der Waals surface area contributed by atoms with Gasteiger partial charge in [-0.25, -0.2) is 21.7 Å². The lowest BCUT2D eigenvalue weighted by molar-refractivity contribution is -0.130. The zero-order chi connectivity index (χ0) is 27.7. The fourth-order valence-corrected chi connectivity index (χ4v) is 3.21. The molecule has 0 saturated heterocycles. The van der Waals surface area contributed by atoms with Crippen LogP contribution in [-0.4, -0.2) is 58.7 Å². The summed E-state index contributed by atoms with van der Waals surface area (Å²) in [5, 5.41) is 35.9. The Morgan fingerprint density at radius 2 is 0.763 bits per heavy atom. The molecule has 1 aliphatic heterocycles. The van der Waals surface area contributed by atoms with Crippen molar-refractivity contribution in [3.8, 4) is 11.5 Å². The van der Waals surface area contributed by atoms with Gasteiger partial charge >= 0.3 is 0 Å². The van der Waals surface area contributed by atoms with Gasteiger partial charge in [-0.1, -0.05) is 0 Å². The summed E-state index contributed by atoms with van der Waals surface area (Å²) in [5.41, 5.74) is 11.1. The Bertz CT molecular complexity index is 1200. The molecular formula is C24H24N8O6. The summed E-state index contributed by atoms with van der Waals surface area (Å²) in [6, 6.07) is 6.35. The number of hydrogen-bond donors (Lipinski definition) is 6. The van der Waals surface area contributed by atoms with Gasteiger partial charge in [-0.3, -0.25) is 19.2 Å². The topological polar surface area (TPSA) is 206 Å². The Morgan fingerprint density at radius 1 is 0.526 bits per heavy atom. The molecule has 3 rings (SSSR count). The van der Waals surface area contributed by atoms with E-state index >= 15 is 0 Å². The normalized spacial score (nSPS) is 18.6. The second-order valence-corrected chi connectivity index (χ2v) is 8.11. The number of benzene rings is 2. The highest BCUT2D eigenvalue weighted by molar-refractivity contribution is 6.00. The van der Waals surface area contributed by atoms with E-state index in [1.165, 1.54) is 24.9 Å². The molecule has 0 fully saturated rings. The molecule has 0 unspecified atom stereocenters. The number of phenolic OH excluding ortho intramolecular Hbond substituents is 2. The summed E-state index contributed by atoms with van der Waals surface area (Å²) in [5.74, 6) is -3.42. The lowest BCUT2D eigenvalue weighted by atomic mass is 10.1. The molecule has 4 bridgehead atoms. The molecule has 0 spiro atoms. The minimum absolute atomic E-state index is 0.233. The van der Waals surface area contributed by atoms with Crippen LogP contribution in [0.4, 0.5) is 0 Å². The first-order valence-corrected chi connectivity index (χ1v) is 11.1. The van der Waals surface area contributed by atoms with E-state index in [1.807, 2.05) is 0 Å². The highest BCUT2D eigenvalue weighted by Gasteiger charge is 2.12. The highest BCUT2D eigenvalue weighted by Crippen LogP contribution is 2.22. The number of nitrogens with one attached hydrogen (secondary N) is 4. The molecule has 0 saturated carbocycles. The predicted octanol–water partition coefficient (Wildman–Crippen LogP) is 0.00904. The molecule has 2 aromatic carbocycles. The molecule has 6 N–H and O–H groups in total. The van der Waals surface area contributed by atoms with Crippen LogP contribution in [0.1, 0.15) is 46.2 Å². The third-order valence-electron chi connectivity index (χ3n) is 4.84. The molecule has 196 valence electrons. The number of aryl methyl sites for hydroxylation is 2. The minimum atomic E-state index is -0.737. The number of phenols is 2. The van der Waals surface area contributed by atoms with Crippen molar-refractivity contribution in [2.45, 2.75) is 26.7 Å². The van der Waals surface area contributed by atoms with Gasteiger partial charge in [0.2, 0.25) is 23.6 Å². The van der Waals surface area contributed by atoms with Crippen LogP contribution in [-0.2, 0) is 19.2 Å². The average molecular weight is 521 g/mol. The first-order chi connectivity index (χ1) is 18.1. The fraction of sp³-hybridized carbons (Fsp3) is 0.167. The molecule has 1 heterocycles. The Labute approximate surface area is 216 Å². The van der Waals surface area contributed by atoms with Crippen LogP contribution in [0.2, 0.25) is 0 Å². The van der Waals surface area contributed by atoms with Crippen molar-refractivity contribution in [3.05, 3.63) is 57.6 Å². The Balaban J connectivity index is 1.87. The number of hydrazone groups is 4. The maximum atomic E-state index is 12.0. The van der Waals surface area contributed by atoms with Gasteiger partial charge in [0, 0.05) is 22.3 Å². The van der Waals surface area contributed by atoms with E-state index in [9.17, 15) is 29.4 Å². The van der Waals surface area contributed by atoms with Crippen molar-refractivity contribution < 1.29 is 29.4 Å². The Kier molecular flexibility index (Phi) is 8.96. The van der Waals surface area contributed by atoms with Crippen LogP contribution >= 0.6 is 0 Å². The smallest absolute Gasteiger partial charge is 0.249 e. The van der Waals surface area contributed by atoms with Gasteiger partial charge in [-0.05, 0) is 49.2 Å². The van der Waals surface area contributed by atoms with E-state index in [0.29, 0.717) is 11.1 Å². The molecule has 0 radical (unpaired) electrons. The summed E-state index contributed by atoms with van der Waals surface area (Å²) < 4.78 is 0. The SMILES string of the molecule is Cc1cc2c(O)c(c1)/C=N/NC(=O)CC(=O)N/N=C/c1cc(C)cc(c1O)/C=N/NC(=O)CC(=O)N/N=C/2. The molecule has 1 aliphatic rings. The van der Waals surface area contributed by atoms with Crippen LogP contribution in [0.15, 0.2) is 44.7 Å². The third-order valence-corrected chi connectivity index (χ3v) is 4.84. The summed E-state index contributed by atoms with van der Waals surface area (Å²) in [6.07, 6.45) is 3.51. The molecule has 4 amide bonds. The fourth-order valence-electron chi connectivity index (χ4n) is 3.21. The number of aromatic hydroxyl groups is 2. The van der Waals surface area contributed by atoms with Crippen molar-refractivity contribution >= 4 is 48.5 Å². The van der Waals surface area contributed by atoms with Gasteiger partial charge in [-0.2, -0.15) is 20.4 Å². The van der Waals surface area contributed by atoms with E-state index < -0.39 is 36.5 Å². The molecule has 38 heavy (non-hydrogen) atoms. The summed E-state index contributed by atoms with van der Waals surface area (Å²) in [6.45, 7) is 3.49. The van der Waals surface area contributed by atoms with Gasteiger partial charge in [0.05, 0.1) is 24.9 Å². The monoisotopic (exact) mass is 520 g/mol. The second kappa shape index (κ2) is 12.5. The lowest BCUT2D eigenvalue weighted by Crippen LogP contribution is -2.27. The molecule has 14 heteroatoms. The van der Waals surface area contributed by atoms with Crippen LogP contribution in [0.3, 0.4) is 0 Å². The quantitative estimate of drug-likeness (QED) is 0.264. The van der Waals surface area contributed by atoms with Gasteiger partial charge < -0.3 is 10.2 Å². The van der Waals surface area contributed by atoms with E-state index in [1.54, 1.807) is 38.1 Å². The van der Waals surface area contributed by atoms with Crippen molar-refractivity contribution in [2.24, 2.45) is 20.4 Å². The predicted molar refractivity (Wildman–Crippen MR) is 138 cm³/mol. The number of nitrogens with zero attached hydrogens (tertiary/aromatic N) is 4. The third kappa shape index (κ3) is 7.81. The average Bonchev–Trinajstić information content (AvgIpc) is 2.83. The van der Waals surface area contributed by atoms with Crippen molar-refractivity contribution in [1.29, 1.82) is 0 Å². The van der Waals surface area contributed by atoms with Crippen LogP contribution in [0.5, 0.6) is 11.5 Å². The van der Waals surface area contributed by atoms with Crippen molar-refractivity contribution in [3.63, 3.8) is 0 Å². The van der Waals surface area contributed by atoms with E-state index in [4.69, 9.17) is 0 Å². The number of fused-ring (bicyclic) bond motifs is 4. The van der Waals surface area contributed by atoms with E-state index in [2.05, 4.69) is 42.1 Å². The Hall–Kier alpha value is -5.40. The highest BCUT2D eigenvalue weighted by atomic mass is 16.3. The summed E-state index contributed by atoms with van der Waals surface area (Å²) >= 11 is 0. The zero-order valence-corrected chi connectivity index (χ0v) is 20.3. The number of amides is 4. The van der Waals surface area contributed by atoms with Crippen molar-refractivity contribution in [1.82, 2.24) is 21.7 Å². The standard InChI is InChI=1S/C24H24N8O6/c1-13-3-15-9-25-29-19(33)7-21(35)31-27-11-17-5-14(2)6-18(24(17)38)12-28-32-22(36)8-20(34)30-26-10-16(4-13)23(15)37/h3-6,9-12,37-38H,7-8H2,1-2H3,(H,29,33)(H,30,34)(H,31,35)(H,32,36)/b25-9+,26-10+,27-11+,28-12+. The van der Waals surface area contributed by atoms with Crippen LogP contribution in [0.25, 0.3) is 0 Å². The number of rotatable bonds is 0. The molecular weight excluding hydrogens is 496 g/mol. The van der Waals surface area contributed by atoms with Gasteiger partial charge in [0.15, 0.2) is 0 Å². The van der Waals surface area contributed by atoms with Crippen LogP contribution < -0.4 is 21.7 Å². The Morgan fingerprint density at radius 3 is 1.00 bits per heavy atom. The lowest BCUT2D eigenvalue weighted by Gasteiger charge is -2.06. The molecule has 0 atom stereocenters. The van der Waals surface area contributed by atoms with E-state index in [-0.39, 0.29) is 33.8 Å². The first-order valence-electron chi connectivity index (χ1n) is 11.1. The molecule has 14 nitrogen and oxygen atoms in total. The first kappa shape index (κ1) is 27.2. The number of hydrogen-bond acceptors (Lipinski definition) is 10. The second-order valence-electron chi connectivity index (χ2n) is 8.11. The maximum absolute atomic E-state index is 12.0. The largest absolute Gasteiger partial charge is 0.507 e. The van der Waals surface area contributed by atoms with Gasteiger partial charge in [0.25, 0.3) is 0 Å². The maximum Gasteiger partial charge on any atom is 0.249 e. The van der Waals surface area contributed by atoms with Gasteiger partial charge in [0.1, 0.15) is 24.3 Å². The number of carbonyl (C=O) groups excluding carboxylic acids is 4. The minimum Gasteiger partial charge on any atom is -0.507 e. The molecule has 0 aromatic heterocycles. The zero-order valence-electron chi connectivity index (χ0n) is 20.3. The summed E-state index contributed by atoms with van der Waals surface area (Å²) in [7, 11) is 0. The van der Waals surface area contributed by atoms with Crippen LogP contribution in [0, 0.1) is 13.8 Å². The number of carbonyl (C=O) groups is 4. The van der Waals surface area contributed by atoms with E-state index in [0.717, 1.165) is 0 Å².